The standard InChI is InChI=1S/C19H20N2O3/c1-23-15-5-3-4-13(10-15)19(22)20-9-8-14-12-21-18-7-6-16(24-2)11-17(14)18/h3-7,10-12,21H,8-9H2,1-2H3,(H,20,22). The van der Waals surface area contributed by atoms with Crippen LogP contribution >= 0.6 is 0 Å². The summed E-state index contributed by atoms with van der Waals surface area (Å²) < 4.78 is 10.4. The number of carbonyl (C=O) groups is 1. The molecule has 1 heterocycles. The number of amides is 1. The highest BCUT2D eigenvalue weighted by atomic mass is 16.5. The third kappa shape index (κ3) is 3.35. The van der Waals surface area contributed by atoms with Gasteiger partial charge >= 0.3 is 0 Å². The number of ether oxygens (including phenoxy) is 2. The van der Waals surface area contributed by atoms with Gasteiger partial charge in [-0.05, 0) is 48.4 Å². The van der Waals surface area contributed by atoms with E-state index in [1.165, 1.54) is 0 Å². The number of H-pyrrole nitrogens is 1. The zero-order chi connectivity index (χ0) is 16.9. The van der Waals surface area contributed by atoms with Crippen molar-refractivity contribution < 1.29 is 14.3 Å². The summed E-state index contributed by atoms with van der Waals surface area (Å²) >= 11 is 0. The molecule has 3 aromatic rings. The summed E-state index contributed by atoms with van der Waals surface area (Å²) in [6.45, 7) is 0.556. The molecule has 0 aliphatic carbocycles. The molecule has 1 amide bonds. The quantitative estimate of drug-likeness (QED) is 0.732. The average molecular weight is 324 g/mol. The van der Waals surface area contributed by atoms with Gasteiger partial charge in [0, 0.05) is 29.2 Å². The molecule has 0 aliphatic heterocycles. The summed E-state index contributed by atoms with van der Waals surface area (Å²) in [6, 6.07) is 13.0. The number of rotatable bonds is 6. The van der Waals surface area contributed by atoms with Gasteiger partial charge in [0.15, 0.2) is 0 Å². The van der Waals surface area contributed by atoms with Crippen LogP contribution in [0.4, 0.5) is 0 Å². The van der Waals surface area contributed by atoms with Gasteiger partial charge in [0.1, 0.15) is 11.5 Å². The molecule has 0 fully saturated rings. The minimum absolute atomic E-state index is 0.105. The van der Waals surface area contributed by atoms with Crippen LogP contribution in [0.3, 0.4) is 0 Å². The molecule has 2 N–H and O–H groups in total. The van der Waals surface area contributed by atoms with E-state index in [-0.39, 0.29) is 5.91 Å². The first-order chi connectivity index (χ1) is 11.7. The third-order valence-electron chi connectivity index (χ3n) is 3.99. The number of aromatic nitrogens is 1. The topological polar surface area (TPSA) is 63.3 Å². The molecule has 0 spiro atoms. The van der Waals surface area contributed by atoms with Crippen LogP contribution in [-0.2, 0) is 6.42 Å². The van der Waals surface area contributed by atoms with E-state index < -0.39 is 0 Å². The van der Waals surface area contributed by atoms with Gasteiger partial charge in [-0.2, -0.15) is 0 Å². The van der Waals surface area contributed by atoms with Crippen LogP contribution in [0.2, 0.25) is 0 Å². The Balaban J connectivity index is 1.64. The zero-order valence-corrected chi connectivity index (χ0v) is 13.8. The Morgan fingerprint density at radius 2 is 1.88 bits per heavy atom. The predicted molar refractivity (Wildman–Crippen MR) is 93.9 cm³/mol. The Bertz CT molecular complexity index is 855. The summed E-state index contributed by atoms with van der Waals surface area (Å²) in [5.41, 5.74) is 2.80. The number of methoxy groups -OCH3 is 2. The van der Waals surface area contributed by atoms with E-state index in [9.17, 15) is 4.79 Å². The number of nitrogens with one attached hydrogen (secondary N) is 2. The maximum Gasteiger partial charge on any atom is 0.251 e. The summed E-state index contributed by atoms with van der Waals surface area (Å²) in [5.74, 6) is 1.39. The zero-order valence-electron chi connectivity index (χ0n) is 13.8. The van der Waals surface area contributed by atoms with Gasteiger partial charge in [-0.3, -0.25) is 4.79 Å². The highest BCUT2D eigenvalue weighted by Crippen LogP contribution is 2.23. The SMILES string of the molecule is COc1cccc(C(=O)NCCc2c[nH]c3ccc(OC)cc23)c1. The lowest BCUT2D eigenvalue weighted by atomic mass is 10.1. The van der Waals surface area contributed by atoms with Gasteiger partial charge in [-0.1, -0.05) is 6.07 Å². The molecule has 1 aromatic heterocycles. The fourth-order valence-electron chi connectivity index (χ4n) is 2.67. The second-order valence-electron chi connectivity index (χ2n) is 5.46. The normalized spacial score (nSPS) is 10.6. The van der Waals surface area contributed by atoms with Gasteiger partial charge < -0.3 is 19.8 Å². The number of carbonyl (C=O) groups excluding carboxylic acids is 1. The molecule has 3 rings (SSSR count). The van der Waals surface area contributed by atoms with Gasteiger partial charge in [0.05, 0.1) is 14.2 Å². The van der Waals surface area contributed by atoms with Crippen LogP contribution < -0.4 is 14.8 Å². The van der Waals surface area contributed by atoms with E-state index in [4.69, 9.17) is 9.47 Å². The first-order valence-electron chi connectivity index (χ1n) is 7.77. The van der Waals surface area contributed by atoms with Crippen molar-refractivity contribution in [2.75, 3.05) is 20.8 Å². The Kier molecular flexibility index (Phi) is 4.70. The number of fused-ring (bicyclic) bond motifs is 1. The molecule has 0 atom stereocenters. The molecule has 2 aromatic carbocycles. The number of hydrogen-bond acceptors (Lipinski definition) is 3. The fourth-order valence-corrected chi connectivity index (χ4v) is 2.67. The second kappa shape index (κ2) is 7.08. The van der Waals surface area contributed by atoms with E-state index in [0.29, 0.717) is 17.9 Å². The third-order valence-corrected chi connectivity index (χ3v) is 3.99. The van der Waals surface area contributed by atoms with E-state index >= 15 is 0 Å². The molecular weight excluding hydrogens is 304 g/mol. The fraction of sp³-hybridized carbons (Fsp3) is 0.211. The molecule has 5 nitrogen and oxygen atoms in total. The van der Waals surface area contributed by atoms with E-state index in [0.717, 1.165) is 28.6 Å². The van der Waals surface area contributed by atoms with Crippen molar-refractivity contribution in [3.63, 3.8) is 0 Å². The minimum Gasteiger partial charge on any atom is -0.497 e. The van der Waals surface area contributed by atoms with Crippen molar-refractivity contribution in [2.24, 2.45) is 0 Å². The Hall–Kier alpha value is -2.95. The molecule has 0 saturated heterocycles. The van der Waals surface area contributed by atoms with Crippen molar-refractivity contribution in [2.45, 2.75) is 6.42 Å². The van der Waals surface area contributed by atoms with E-state index in [1.54, 1.807) is 32.4 Å². The summed E-state index contributed by atoms with van der Waals surface area (Å²) in [7, 11) is 3.24. The molecular formula is C19H20N2O3. The second-order valence-corrected chi connectivity index (χ2v) is 5.46. The highest BCUT2D eigenvalue weighted by Gasteiger charge is 2.08. The maximum atomic E-state index is 12.2. The lowest BCUT2D eigenvalue weighted by molar-refractivity contribution is 0.0954. The highest BCUT2D eigenvalue weighted by molar-refractivity contribution is 5.94. The van der Waals surface area contributed by atoms with Crippen molar-refractivity contribution in [1.82, 2.24) is 10.3 Å². The van der Waals surface area contributed by atoms with Gasteiger partial charge in [0.2, 0.25) is 0 Å². The lowest BCUT2D eigenvalue weighted by Gasteiger charge is -2.07. The summed E-state index contributed by atoms with van der Waals surface area (Å²) in [4.78, 5) is 15.5. The average Bonchev–Trinajstić information content (AvgIpc) is 3.03. The van der Waals surface area contributed by atoms with E-state index in [1.807, 2.05) is 30.5 Å². The molecule has 24 heavy (non-hydrogen) atoms. The summed E-state index contributed by atoms with van der Waals surface area (Å²) in [6.07, 6.45) is 2.71. The van der Waals surface area contributed by atoms with Gasteiger partial charge in [-0.15, -0.1) is 0 Å². The minimum atomic E-state index is -0.105. The van der Waals surface area contributed by atoms with Crippen LogP contribution in [0.5, 0.6) is 11.5 Å². The van der Waals surface area contributed by atoms with Crippen LogP contribution in [0, 0.1) is 0 Å². The molecule has 124 valence electrons. The Morgan fingerprint density at radius 3 is 2.67 bits per heavy atom. The maximum absolute atomic E-state index is 12.2. The predicted octanol–water partition coefficient (Wildman–Crippen LogP) is 3.16. The largest absolute Gasteiger partial charge is 0.497 e. The number of aromatic amines is 1. The van der Waals surface area contributed by atoms with Gasteiger partial charge in [-0.25, -0.2) is 0 Å². The Morgan fingerprint density at radius 1 is 1.08 bits per heavy atom. The molecule has 0 bridgehead atoms. The van der Waals surface area contributed by atoms with E-state index in [2.05, 4.69) is 10.3 Å². The first-order valence-corrected chi connectivity index (χ1v) is 7.77. The monoisotopic (exact) mass is 324 g/mol. The van der Waals surface area contributed by atoms with Crippen molar-refractivity contribution in [3.05, 3.63) is 59.8 Å². The van der Waals surface area contributed by atoms with Crippen LogP contribution in [0.25, 0.3) is 10.9 Å². The van der Waals surface area contributed by atoms with Crippen molar-refractivity contribution in [1.29, 1.82) is 0 Å². The summed E-state index contributed by atoms with van der Waals surface area (Å²) in [5, 5.41) is 4.06. The van der Waals surface area contributed by atoms with Crippen LogP contribution in [0.15, 0.2) is 48.7 Å². The van der Waals surface area contributed by atoms with Crippen molar-refractivity contribution in [3.8, 4) is 11.5 Å². The lowest BCUT2D eigenvalue weighted by Crippen LogP contribution is -2.25. The molecule has 5 heteroatoms. The molecule has 0 aliphatic rings. The van der Waals surface area contributed by atoms with Crippen LogP contribution in [0.1, 0.15) is 15.9 Å². The van der Waals surface area contributed by atoms with Crippen molar-refractivity contribution >= 4 is 16.8 Å². The molecule has 0 saturated carbocycles. The number of hydrogen-bond donors (Lipinski definition) is 2. The van der Waals surface area contributed by atoms with Gasteiger partial charge in [0.25, 0.3) is 5.91 Å². The molecule has 0 radical (unpaired) electrons. The number of benzene rings is 2. The van der Waals surface area contributed by atoms with Crippen LogP contribution in [-0.4, -0.2) is 31.7 Å². The smallest absolute Gasteiger partial charge is 0.251 e. The Labute approximate surface area is 140 Å². The first kappa shape index (κ1) is 15.9. The molecule has 0 unspecified atom stereocenters.